The van der Waals surface area contributed by atoms with Gasteiger partial charge < -0.3 is 5.11 Å². The van der Waals surface area contributed by atoms with Gasteiger partial charge in [-0.05, 0) is 30.7 Å². The van der Waals surface area contributed by atoms with E-state index >= 15 is 0 Å². The third-order valence-corrected chi connectivity index (χ3v) is 3.25. The lowest BCUT2D eigenvalue weighted by molar-refractivity contribution is 0.0929. The molecule has 0 bridgehead atoms. The van der Waals surface area contributed by atoms with Crippen LogP contribution in [0.5, 0.6) is 0 Å². The fourth-order valence-corrected chi connectivity index (χ4v) is 2.04. The summed E-state index contributed by atoms with van der Waals surface area (Å²) in [5, 5.41) is 14.6. The molecular formula is C12H13BrN2O. The molecule has 16 heavy (non-hydrogen) atoms. The SMILES string of the molecule is Cn1nccc1C(C)(O)c1ccc(Br)cc1. The van der Waals surface area contributed by atoms with Crippen LogP contribution in [0, 0.1) is 0 Å². The molecule has 0 fully saturated rings. The van der Waals surface area contributed by atoms with E-state index in [1.54, 1.807) is 17.8 Å². The zero-order valence-electron chi connectivity index (χ0n) is 9.18. The molecule has 0 aliphatic heterocycles. The van der Waals surface area contributed by atoms with Gasteiger partial charge in [0.1, 0.15) is 5.60 Å². The Hall–Kier alpha value is -1.13. The minimum Gasteiger partial charge on any atom is -0.379 e. The molecule has 1 atom stereocenters. The van der Waals surface area contributed by atoms with Gasteiger partial charge in [0.15, 0.2) is 0 Å². The molecule has 1 heterocycles. The Morgan fingerprint density at radius 3 is 2.38 bits per heavy atom. The standard InChI is InChI=1S/C12H13BrN2O/c1-12(16,11-7-8-14-15(11)2)9-3-5-10(13)6-4-9/h3-8,16H,1-2H3. The van der Waals surface area contributed by atoms with Crippen LogP contribution in [0.4, 0.5) is 0 Å². The highest BCUT2D eigenvalue weighted by molar-refractivity contribution is 9.10. The zero-order chi connectivity index (χ0) is 11.8. The van der Waals surface area contributed by atoms with Gasteiger partial charge in [-0.15, -0.1) is 0 Å². The predicted molar refractivity (Wildman–Crippen MR) is 66.0 cm³/mol. The van der Waals surface area contributed by atoms with Crippen molar-refractivity contribution in [2.24, 2.45) is 7.05 Å². The molecule has 0 saturated heterocycles. The Balaban J connectivity index is 2.46. The second kappa shape index (κ2) is 4.03. The molecule has 4 heteroatoms. The van der Waals surface area contributed by atoms with Crippen molar-refractivity contribution < 1.29 is 5.11 Å². The molecule has 1 aromatic carbocycles. The number of aliphatic hydroxyl groups is 1. The summed E-state index contributed by atoms with van der Waals surface area (Å²) in [5.41, 5.74) is 0.598. The van der Waals surface area contributed by atoms with Crippen molar-refractivity contribution in [2.45, 2.75) is 12.5 Å². The number of aryl methyl sites for hydroxylation is 1. The van der Waals surface area contributed by atoms with E-state index in [0.29, 0.717) is 0 Å². The van der Waals surface area contributed by atoms with E-state index in [2.05, 4.69) is 21.0 Å². The van der Waals surface area contributed by atoms with Crippen LogP contribution >= 0.6 is 15.9 Å². The molecule has 0 aliphatic rings. The highest BCUT2D eigenvalue weighted by Gasteiger charge is 2.28. The van der Waals surface area contributed by atoms with Gasteiger partial charge in [0.25, 0.3) is 0 Å². The van der Waals surface area contributed by atoms with Gasteiger partial charge in [0, 0.05) is 17.7 Å². The van der Waals surface area contributed by atoms with Crippen LogP contribution in [0.1, 0.15) is 18.2 Å². The molecule has 0 aliphatic carbocycles. The van der Waals surface area contributed by atoms with E-state index < -0.39 is 5.60 Å². The molecule has 1 aromatic heterocycles. The minimum atomic E-state index is -1.02. The second-order valence-corrected chi connectivity index (χ2v) is 4.83. The fourth-order valence-electron chi connectivity index (χ4n) is 1.77. The van der Waals surface area contributed by atoms with E-state index in [1.165, 1.54) is 0 Å². The van der Waals surface area contributed by atoms with Crippen LogP contribution in [0.2, 0.25) is 0 Å². The molecule has 0 spiro atoms. The van der Waals surface area contributed by atoms with Crippen LogP contribution in [-0.4, -0.2) is 14.9 Å². The van der Waals surface area contributed by atoms with Crippen LogP contribution in [0.15, 0.2) is 41.0 Å². The van der Waals surface area contributed by atoms with Crippen molar-refractivity contribution in [2.75, 3.05) is 0 Å². The first-order valence-electron chi connectivity index (χ1n) is 4.98. The van der Waals surface area contributed by atoms with Gasteiger partial charge in [-0.1, -0.05) is 28.1 Å². The van der Waals surface area contributed by atoms with Crippen molar-refractivity contribution >= 4 is 15.9 Å². The predicted octanol–water partition coefficient (Wildman–Crippen LogP) is 2.44. The highest BCUT2D eigenvalue weighted by atomic mass is 79.9. The average molecular weight is 281 g/mol. The summed E-state index contributed by atoms with van der Waals surface area (Å²) < 4.78 is 2.68. The van der Waals surface area contributed by atoms with E-state index in [9.17, 15) is 5.11 Å². The molecular weight excluding hydrogens is 268 g/mol. The topological polar surface area (TPSA) is 38.0 Å². The molecule has 0 saturated carbocycles. The number of nitrogens with zero attached hydrogens (tertiary/aromatic N) is 2. The molecule has 1 N–H and O–H groups in total. The summed E-state index contributed by atoms with van der Waals surface area (Å²) in [6.07, 6.45) is 1.68. The van der Waals surface area contributed by atoms with Gasteiger partial charge in [-0.3, -0.25) is 4.68 Å². The highest BCUT2D eigenvalue weighted by Crippen LogP contribution is 2.29. The van der Waals surface area contributed by atoms with Crippen molar-refractivity contribution in [1.29, 1.82) is 0 Å². The van der Waals surface area contributed by atoms with Crippen LogP contribution in [0.25, 0.3) is 0 Å². The van der Waals surface area contributed by atoms with Crippen molar-refractivity contribution in [3.8, 4) is 0 Å². The van der Waals surface area contributed by atoms with Gasteiger partial charge in [-0.2, -0.15) is 5.10 Å². The summed E-state index contributed by atoms with van der Waals surface area (Å²) >= 11 is 3.38. The molecule has 2 rings (SSSR count). The Kier molecular flexibility index (Phi) is 2.86. The number of hydrogen-bond donors (Lipinski definition) is 1. The van der Waals surface area contributed by atoms with Crippen molar-refractivity contribution in [1.82, 2.24) is 9.78 Å². The number of aromatic nitrogens is 2. The first kappa shape index (κ1) is 11.4. The third kappa shape index (κ3) is 1.90. The Labute approximate surface area is 103 Å². The van der Waals surface area contributed by atoms with E-state index in [0.717, 1.165) is 15.7 Å². The quantitative estimate of drug-likeness (QED) is 0.918. The lowest BCUT2D eigenvalue weighted by atomic mass is 9.92. The van der Waals surface area contributed by atoms with Gasteiger partial charge in [0.2, 0.25) is 0 Å². The number of halogens is 1. The van der Waals surface area contributed by atoms with Crippen LogP contribution in [0.3, 0.4) is 0 Å². The van der Waals surface area contributed by atoms with E-state index in [1.807, 2.05) is 37.4 Å². The summed E-state index contributed by atoms with van der Waals surface area (Å²) in [5.74, 6) is 0. The molecule has 0 amide bonds. The van der Waals surface area contributed by atoms with Gasteiger partial charge in [-0.25, -0.2) is 0 Å². The van der Waals surface area contributed by atoms with E-state index in [-0.39, 0.29) is 0 Å². The summed E-state index contributed by atoms with van der Waals surface area (Å²) in [6.45, 7) is 1.77. The average Bonchev–Trinajstić information content (AvgIpc) is 2.66. The Bertz CT molecular complexity index is 488. The van der Waals surface area contributed by atoms with Crippen LogP contribution in [-0.2, 0) is 12.6 Å². The van der Waals surface area contributed by atoms with E-state index in [4.69, 9.17) is 0 Å². The smallest absolute Gasteiger partial charge is 0.128 e. The first-order valence-corrected chi connectivity index (χ1v) is 5.78. The first-order chi connectivity index (χ1) is 7.51. The monoisotopic (exact) mass is 280 g/mol. The zero-order valence-corrected chi connectivity index (χ0v) is 10.8. The number of benzene rings is 1. The normalized spacial score (nSPS) is 14.8. The second-order valence-electron chi connectivity index (χ2n) is 3.92. The lowest BCUT2D eigenvalue weighted by Gasteiger charge is -2.24. The molecule has 0 radical (unpaired) electrons. The molecule has 3 nitrogen and oxygen atoms in total. The maximum absolute atomic E-state index is 10.5. The maximum Gasteiger partial charge on any atom is 0.128 e. The molecule has 84 valence electrons. The van der Waals surface area contributed by atoms with Crippen molar-refractivity contribution in [3.05, 3.63) is 52.3 Å². The summed E-state index contributed by atoms with van der Waals surface area (Å²) in [4.78, 5) is 0. The van der Waals surface area contributed by atoms with Crippen molar-refractivity contribution in [3.63, 3.8) is 0 Å². The number of hydrogen-bond acceptors (Lipinski definition) is 2. The van der Waals surface area contributed by atoms with Crippen LogP contribution < -0.4 is 0 Å². The molecule has 2 aromatic rings. The lowest BCUT2D eigenvalue weighted by Crippen LogP contribution is -2.25. The Morgan fingerprint density at radius 2 is 1.88 bits per heavy atom. The largest absolute Gasteiger partial charge is 0.379 e. The fraction of sp³-hybridized carbons (Fsp3) is 0.250. The minimum absolute atomic E-state index is 0.773. The maximum atomic E-state index is 10.5. The Morgan fingerprint density at radius 1 is 1.25 bits per heavy atom. The number of rotatable bonds is 2. The van der Waals surface area contributed by atoms with Gasteiger partial charge in [0.05, 0.1) is 5.69 Å². The third-order valence-electron chi connectivity index (χ3n) is 2.73. The summed E-state index contributed by atoms with van der Waals surface area (Å²) in [7, 11) is 1.82. The summed E-state index contributed by atoms with van der Waals surface area (Å²) in [6, 6.07) is 9.45. The van der Waals surface area contributed by atoms with Gasteiger partial charge >= 0.3 is 0 Å². The molecule has 1 unspecified atom stereocenters.